The molecule has 2 nitrogen and oxygen atoms in total. The van der Waals surface area contributed by atoms with Gasteiger partial charge >= 0.3 is 0 Å². The molecule has 1 aromatic heterocycles. The van der Waals surface area contributed by atoms with Crippen LogP contribution in [0.5, 0.6) is 0 Å². The van der Waals surface area contributed by atoms with Gasteiger partial charge in [-0.15, -0.1) is 0 Å². The largest absolute Gasteiger partial charge is 0.356 e. The van der Waals surface area contributed by atoms with E-state index in [1.165, 1.54) is 17.0 Å². The van der Waals surface area contributed by atoms with Crippen LogP contribution in [-0.2, 0) is 7.05 Å². The van der Waals surface area contributed by atoms with E-state index in [2.05, 4.69) is 0 Å². The number of alkyl halides is 2. The number of carbonyl (C=O) groups excluding carboxylic acids is 1. The summed E-state index contributed by atoms with van der Waals surface area (Å²) in [4.78, 5) is 10.6. The summed E-state index contributed by atoms with van der Waals surface area (Å²) >= 11 is 5.08. The predicted octanol–water partition coefficient (Wildman–Crippen LogP) is 2.34. The minimum absolute atomic E-state index is 0.130. The molecule has 5 heteroatoms. The molecule has 0 fully saturated rings. The van der Waals surface area contributed by atoms with Crippen molar-refractivity contribution in [3.05, 3.63) is 23.5 Å². The summed E-state index contributed by atoms with van der Waals surface area (Å²) in [5.41, 5.74) is -0.452. The molecule has 66 valence electrons. The molecule has 1 aromatic rings. The van der Waals surface area contributed by atoms with Crippen LogP contribution in [0.3, 0.4) is 0 Å². The molecule has 0 unspecified atom stereocenters. The topological polar surface area (TPSA) is 22.0 Å². The molecule has 0 N–H and O–H groups in total. The molecular weight excluding hydrogens is 188 g/mol. The van der Waals surface area contributed by atoms with Crippen molar-refractivity contribution in [2.45, 2.75) is 6.43 Å². The summed E-state index contributed by atoms with van der Waals surface area (Å²) in [6.45, 7) is 0. The van der Waals surface area contributed by atoms with E-state index >= 15 is 0 Å². The molecule has 0 saturated carbocycles. The number of aromatic nitrogens is 1. The molecule has 1 rings (SSSR count). The van der Waals surface area contributed by atoms with Crippen molar-refractivity contribution >= 4 is 16.8 Å². The van der Waals surface area contributed by atoms with Gasteiger partial charge in [0.05, 0.1) is 5.56 Å². The van der Waals surface area contributed by atoms with Crippen LogP contribution in [0.1, 0.15) is 22.3 Å². The molecule has 0 radical (unpaired) electrons. The van der Waals surface area contributed by atoms with Gasteiger partial charge in [-0.1, -0.05) is 0 Å². The van der Waals surface area contributed by atoms with E-state index in [-0.39, 0.29) is 11.1 Å². The van der Waals surface area contributed by atoms with E-state index in [1.807, 2.05) is 0 Å². The van der Waals surface area contributed by atoms with Gasteiger partial charge in [-0.05, 0) is 11.6 Å². The van der Waals surface area contributed by atoms with Gasteiger partial charge in [0.15, 0.2) is 0 Å². The van der Waals surface area contributed by atoms with Crippen LogP contribution < -0.4 is 0 Å². The fourth-order valence-electron chi connectivity index (χ4n) is 0.942. The molecule has 0 bridgehead atoms. The number of hydrogen-bond acceptors (Lipinski definition) is 1. The Morgan fingerprint density at radius 2 is 2.17 bits per heavy atom. The number of hydrogen-bond donors (Lipinski definition) is 0. The highest BCUT2D eigenvalue weighted by molar-refractivity contribution is 6.67. The van der Waals surface area contributed by atoms with Crippen LogP contribution in [0.4, 0.5) is 8.78 Å². The molecule has 0 atom stereocenters. The molecule has 0 aliphatic heterocycles. The third-order valence-electron chi connectivity index (χ3n) is 1.43. The van der Waals surface area contributed by atoms with Crippen LogP contribution in [-0.4, -0.2) is 9.81 Å². The lowest BCUT2D eigenvalue weighted by Crippen LogP contribution is -1.92. The lowest BCUT2D eigenvalue weighted by atomic mass is 10.2. The van der Waals surface area contributed by atoms with Gasteiger partial charge in [-0.3, -0.25) is 4.79 Å². The quantitative estimate of drug-likeness (QED) is 0.661. The molecule has 1 heterocycles. The first kappa shape index (κ1) is 9.19. The number of aryl methyl sites for hydroxylation is 1. The Morgan fingerprint density at radius 3 is 2.50 bits per heavy atom. The zero-order valence-corrected chi connectivity index (χ0v) is 6.98. The first-order valence-electron chi connectivity index (χ1n) is 3.16. The molecule has 12 heavy (non-hydrogen) atoms. The maximum absolute atomic E-state index is 12.2. The van der Waals surface area contributed by atoms with Crippen molar-refractivity contribution in [1.29, 1.82) is 0 Å². The predicted molar refractivity (Wildman–Crippen MR) is 40.6 cm³/mol. The van der Waals surface area contributed by atoms with Gasteiger partial charge < -0.3 is 4.57 Å². The molecule has 0 aromatic carbocycles. The van der Waals surface area contributed by atoms with Gasteiger partial charge in [0.1, 0.15) is 0 Å². The van der Waals surface area contributed by atoms with E-state index in [4.69, 9.17) is 11.6 Å². The van der Waals surface area contributed by atoms with Crippen LogP contribution in [0.15, 0.2) is 12.4 Å². The highest BCUT2D eigenvalue weighted by atomic mass is 35.5. The fourth-order valence-corrected chi connectivity index (χ4v) is 1.10. The van der Waals surface area contributed by atoms with Gasteiger partial charge in [0.25, 0.3) is 11.7 Å². The van der Waals surface area contributed by atoms with E-state index < -0.39 is 11.7 Å². The minimum Gasteiger partial charge on any atom is -0.356 e. The molecular formula is C7H6ClF2NO. The standard InChI is InChI=1S/C7H6ClF2NO/c1-11-2-4(6(8)12)5(3-11)7(9)10/h2-3,7H,1H3. The smallest absolute Gasteiger partial charge is 0.266 e. The van der Waals surface area contributed by atoms with Gasteiger partial charge in [0.2, 0.25) is 0 Å². The Balaban J connectivity index is 3.17. The summed E-state index contributed by atoms with van der Waals surface area (Å²) in [5, 5.41) is -0.856. The summed E-state index contributed by atoms with van der Waals surface area (Å²) in [6.07, 6.45) is -0.208. The molecule has 0 aliphatic carbocycles. The van der Waals surface area contributed by atoms with Crippen molar-refractivity contribution in [1.82, 2.24) is 4.57 Å². The van der Waals surface area contributed by atoms with Gasteiger partial charge in [-0.2, -0.15) is 0 Å². The maximum atomic E-state index is 12.2. The Kier molecular flexibility index (Phi) is 2.47. The van der Waals surface area contributed by atoms with Crippen LogP contribution in [0, 0.1) is 0 Å². The second-order valence-corrected chi connectivity index (χ2v) is 2.71. The van der Waals surface area contributed by atoms with Crippen LogP contribution in [0.25, 0.3) is 0 Å². The summed E-state index contributed by atoms with van der Waals surface area (Å²) in [7, 11) is 1.55. The van der Waals surface area contributed by atoms with Crippen molar-refractivity contribution in [3.63, 3.8) is 0 Å². The summed E-state index contributed by atoms with van der Waals surface area (Å²) in [5.74, 6) is 0. The monoisotopic (exact) mass is 193 g/mol. The Hall–Kier alpha value is -0.900. The normalized spacial score (nSPS) is 10.8. The van der Waals surface area contributed by atoms with Gasteiger partial charge in [0, 0.05) is 25.0 Å². The molecule has 0 spiro atoms. The molecule has 0 amide bonds. The van der Waals surface area contributed by atoms with Crippen molar-refractivity contribution in [2.24, 2.45) is 7.05 Å². The molecule has 0 aliphatic rings. The van der Waals surface area contributed by atoms with Crippen molar-refractivity contribution in [2.75, 3.05) is 0 Å². The van der Waals surface area contributed by atoms with Crippen molar-refractivity contribution < 1.29 is 13.6 Å². The second-order valence-electron chi connectivity index (χ2n) is 2.37. The highest BCUT2D eigenvalue weighted by Crippen LogP contribution is 2.24. The van der Waals surface area contributed by atoms with Gasteiger partial charge in [-0.25, -0.2) is 8.78 Å². The zero-order chi connectivity index (χ0) is 9.30. The number of carbonyl (C=O) groups is 1. The Bertz CT molecular complexity index is 308. The Morgan fingerprint density at radius 1 is 1.58 bits per heavy atom. The van der Waals surface area contributed by atoms with Crippen molar-refractivity contribution in [3.8, 4) is 0 Å². The fraction of sp³-hybridized carbons (Fsp3) is 0.286. The van der Waals surface area contributed by atoms with Crippen LogP contribution in [0.2, 0.25) is 0 Å². The third kappa shape index (κ3) is 1.64. The number of rotatable bonds is 2. The number of nitrogens with zero attached hydrogens (tertiary/aromatic N) is 1. The third-order valence-corrected chi connectivity index (χ3v) is 1.64. The van der Waals surface area contributed by atoms with Crippen LogP contribution >= 0.6 is 11.6 Å². The lowest BCUT2D eigenvalue weighted by molar-refractivity contribution is 0.106. The SMILES string of the molecule is Cn1cc(C(=O)Cl)c(C(F)F)c1. The summed E-state index contributed by atoms with van der Waals surface area (Å²) < 4.78 is 25.7. The first-order chi connectivity index (χ1) is 5.52. The maximum Gasteiger partial charge on any atom is 0.266 e. The average molecular weight is 194 g/mol. The Labute approximate surface area is 72.7 Å². The lowest BCUT2D eigenvalue weighted by Gasteiger charge is -1.95. The molecule has 0 saturated heterocycles. The second kappa shape index (κ2) is 3.23. The average Bonchev–Trinajstić information content (AvgIpc) is 2.31. The van der Waals surface area contributed by atoms with E-state index in [0.717, 1.165) is 0 Å². The first-order valence-corrected chi connectivity index (χ1v) is 3.54. The number of halogens is 3. The van der Waals surface area contributed by atoms with E-state index in [9.17, 15) is 13.6 Å². The zero-order valence-electron chi connectivity index (χ0n) is 6.22. The highest BCUT2D eigenvalue weighted by Gasteiger charge is 2.18. The minimum atomic E-state index is -2.66. The van der Waals surface area contributed by atoms with E-state index in [0.29, 0.717) is 0 Å². The summed E-state index contributed by atoms with van der Waals surface area (Å²) in [6, 6.07) is 0. The van der Waals surface area contributed by atoms with E-state index in [1.54, 1.807) is 7.05 Å².